The van der Waals surface area contributed by atoms with E-state index in [-0.39, 0.29) is 10.0 Å². The molecule has 2 heterocycles. The van der Waals surface area contributed by atoms with Crippen LogP contribution >= 0.6 is 11.3 Å². The van der Waals surface area contributed by atoms with Crippen LogP contribution < -0.4 is 5.32 Å². The summed E-state index contributed by atoms with van der Waals surface area (Å²) in [5.41, 5.74) is 0.563. The van der Waals surface area contributed by atoms with Gasteiger partial charge in [0.2, 0.25) is 15.9 Å². The minimum Gasteiger partial charge on any atom is -0.301 e. The number of hydrogen-bond donors (Lipinski definition) is 1. The van der Waals surface area contributed by atoms with Crippen LogP contribution in [0, 0.1) is 11.6 Å². The van der Waals surface area contributed by atoms with Gasteiger partial charge in [-0.3, -0.25) is 9.78 Å². The van der Waals surface area contributed by atoms with E-state index in [1.165, 1.54) is 43.8 Å². The SMILES string of the molecule is CN(CC(=O)Nc1ncc(Cc2ccc(F)c(F)c2)s1)S(=O)(=O)c1cccnc1. The lowest BCUT2D eigenvalue weighted by atomic mass is 10.1. The van der Waals surface area contributed by atoms with Crippen molar-refractivity contribution in [3.63, 3.8) is 0 Å². The molecule has 0 aliphatic rings. The summed E-state index contributed by atoms with van der Waals surface area (Å²) in [6.07, 6.45) is 4.49. The number of aromatic nitrogens is 2. The molecule has 11 heteroatoms. The van der Waals surface area contributed by atoms with Crippen LogP contribution in [0.25, 0.3) is 0 Å². The maximum absolute atomic E-state index is 13.3. The van der Waals surface area contributed by atoms with E-state index in [2.05, 4.69) is 15.3 Å². The van der Waals surface area contributed by atoms with Gasteiger partial charge in [0.1, 0.15) is 4.90 Å². The zero-order valence-electron chi connectivity index (χ0n) is 15.2. The molecule has 1 amide bonds. The van der Waals surface area contributed by atoms with Crippen LogP contribution in [0.3, 0.4) is 0 Å². The van der Waals surface area contributed by atoms with Crippen LogP contribution in [-0.2, 0) is 21.2 Å². The van der Waals surface area contributed by atoms with Crippen LogP contribution in [0.4, 0.5) is 13.9 Å². The Hall–Kier alpha value is -2.76. The molecule has 152 valence electrons. The lowest BCUT2D eigenvalue weighted by Crippen LogP contribution is -2.35. The molecule has 0 aliphatic carbocycles. The minimum absolute atomic E-state index is 0.0154. The summed E-state index contributed by atoms with van der Waals surface area (Å²) < 4.78 is 52.0. The predicted molar refractivity (Wildman–Crippen MR) is 104 cm³/mol. The third kappa shape index (κ3) is 5.19. The van der Waals surface area contributed by atoms with Gasteiger partial charge in [-0.2, -0.15) is 4.31 Å². The first kappa shape index (κ1) is 21.0. The number of benzene rings is 1. The number of sulfonamides is 1. The molecule has 0 aliphatic heterocycles. The van der Waals surface area contributed by atoms with Gasteiger partial charge in [-0.15, -0.1) is 11.3 Å². The average molecular weight is 438 g/mol. The second kappa shape index (κ2) is 8.72. The van der Waals surface area contributed by atoms with E-state index in [0.29, 0.717) is 12.0 Å². The Morgan fingerprint density at radius 3 is 2.69 bits per heavy atom. The third-order valence-corrected chi connectivity index (χ3v) is 6.57. The highest BCUT2D eigenvalue weighted by Gasteiger charge is 2.23. The van der Waals surface area contributed by atoms with Gasteiger partial charge in [0.05, 0.1) is 6.54 Å². The Balaban J connectivity index is 1.60. The van der Waals surface area contributed by atoms with E-state index >= 15 is 0 Å². The van der Waals surface area contributed by atoms with Crippen molar-refractivity contribution in [1.29, 1.82) is 0 Å². The summed E-state index contributed by atoms with van der Waals surface area (Å²) in [7, 11) is -2.55. The van der Waals surface area contributed by atoms with Crippen molar-refractivity contribution < 1.29 is 22.0 Å². The molecule has 3 aromatic rings. The number of nitrogens with one attached hydrogen (secondary N) is 1. The van der Waals surface area contributed by atoms with Crippen LogP contribution in [0.15, 0.2) is 53.8 Å². The smallest absolute Gasteiger partial charge is 0.244 e. The van der Waals surface area contributed by atoms with Crippen molar-refractivity contribution in [2.45, 2.75) is 11.3 Å². The lowest BCUT2D eigenvalue weighted by molar-refractivity contribution is -0.116. The predicted octanol–water partition coefficient (Wildman–Crippen LogP) is 2.67. The number of halogens is 2. The molecule has 1 aromatic carbocycles. The standard InChI is InChI=1S/C18H16F2N4O3S2/c1-24(29(26,27)14-3-2-6-21-10-14)11-17(25)23-18-22-9-13(28-18)7-12-4-5-15(19)16(20)8-12/h2-6,8-10H,7,11H2,1H3,(H,22,23,25). The maximum Gasteiger partial charge on any atom is 0.244 e. The molecule has 0 atom stereocenters. The molecule has 0 radical (unpaired) electrons. The molecule has 29 heavy (non-hydrogen) atoms. The number of thiazole rings is 1. The molecule has 7 nitrogen and oxygen atoms in total. The zero-order chi connectivity index (χ0) is 21.0. The van der Waals surface area contributed by atoms with Crippen LogP contribution in [0.5, 0.6) is 0 Å². The molecule has 2 aromatic heterocycles. The van der Waals surface area contributed by atoms with Gasteiger partial charge >= 0.3 is 0 Å². The zero-order valence-corrected chi connectivity index (χ0v) is 16.8. The van der Waals surface area contributed by atoms with Crippen LogP contribution in [-0.4, -0.2) is 42.2 Å². The van der Waals surface area contributed by atoms with Crippen molar-refractivity contribution in [3.05, 3.63) is 71.0 Å². The first-order valence-corrected chi connectivity index (χ1v) is 10.6. The summed E-state index contributed by atoms with van der Waals surface area (Å²) in [6.45, 7) is -0.407. The summed E-state index contributed by atoms with van der Waals surface area (Å²) in [4.78, 5) is 20.7. The molecule has 0 fully saturated rings. The van der Waals surface area contributed by atoms with Crippen molar-refractivity contribution in [2.24, 2.45) is 0 Å². The number of carbonyl (C=O) groups is 1. The summed E-state index contributed by atoms with van der Waals surface area (Å²) in [5.74, 6) is -2.41. The van der Waals surface area contributed by atoms with E-state index in [1.807, 2.05) is 0 Å². The number of hydrogen-bond acceptors (Lipinski definition) is 6. The maximum atomic E-state index is 13.3. The van der Waals surface area contributed by atoms with Gasteiger partial charge in [-0.05, 0) is 29.8 Å². The van der Waals surface area contributed by atoms with Crippen LogP contribution in [0.1, 0.15) is 10.4 Å². The van der Waals surface area contributed by atoms with Crippen molar-refractivity contribution in [2.75, 3.05) is 18.9 Å². The quantitative estimate of drug-likeness (QED) is 0.612. The first-order chi connectivity index (χ1) is 13.8. The normalized spacial score (nSPS) is 11.6. The van der Waals surface area contributed by atoms with Gasteiger partial charge in [-0.25, -0.2) is 22.2 Å². The summed E-state index contributed by atoms with van der Waals surface area (Å²) >= 11 is 1.16. The average Bonchev–Trinajstić information content (AvgIpc) is 3.12. The highest BCUT2D eigenvalue weighted by molar-refractivity contribution is 7.89. The lowest BCUT2D eigenvalue weighted by Gasteiger charge is -2.16. The number of nitrogens with zero attached hydrogens (tertiary/aromatic N) is 3. The number of pyridine rings is 1. The summed E-state index contributed by atoms with van der Waals surface area (Å²) in [5, 5.41) is 2.81. The van der Waals surface area contributed by atoms with Crippen molar-refractivity contribution in [1.82, 2.24) is 14.3 Å². The van der Waals surface area contributed by atoms with Gasteiger partial charge in [0.15, 0.2) is 16.8 Å². The minimum atomic E-state index is -3.84. The Kier molecular flexibility index (Phi) is 6.30. The second-order valence-electron chi connectivity index (χ2n) is 6.05. The van der Waals surface area contributed by atoms with E-state index in [4.69, 9.17) is 0 Å². The number of anilines is 1. The Morgan fingerprint density at radius 2 is 2.00 bits per heavy atom. The van der Waals surface area contributed by atoms with E-state index in [1.54, 1.807) is 0 Å². The molecule has 1 N–H and O–H groups in total. The molecular weight excluding hydrogens is 422 g/mol. The molecule has 3 rings (SSSR count). The highest BCUT2D eigenvalue weighted by atomic mass is 32.2. The monoisotopic (exact) mass is 438 g/mol. The first-order valence-electron chi connectivity index (χ1n) is 8.30. The molecule has 0 saturated heterocycles. The van der Waals surface area contributed by atoms with E-state index < -0.39 is 34.1 Å². The summed E-state index contributed by atoms with van der Waals surface area (Å²) in [6, 6.07) is 6.50. The van der Waals surface area contributed by atoms with Crippen molar-refractivity contribution in [3.8, 4) is 0 Å². The molecule has 0 saturated carbocycles. The molecular formula is C18H16F2N4O3S2. The Bertz CT molecular complexity index is 1120. The van der Waals surface area contributed by atoms with E-state index in [9.17, 15) is 22.0 Å². The van der Waals surface area contributed by atoms with Gasteiger partial charge in [0.25, 0.3) is 0 Å². The van der Waals surface area contributed by atoms with E-state index in [0.717, 1.165) is 32.7 Å². The van der Waals surface area contributed by atoms with Crippen molar-refractivity contribution >= 4 is 32.4 Å². The number of carbonyl (C=O) groups excluding carboxylic acids is 1. The number of likely N-dealkylation sites (N-methyl/N-ethyl adjacent to an activating group) is 1. The fourth-order valence-corrected chi connectivity index (χ4v) is 4.38. The van der Waals surface area contributed by atoms with Gasteiger partial charge < -0.3 is 5.32 Å². The number of rotatable bonds is 7. The number of amides is 1. The second-order valence-corrected chi connectivity index (χ2v) is 9.22. The highest BCUT2D eigenvalue weighted by Crippen LogP contribution is 2.22. The topological polar surface area (TPSA) is 92.3 Å². The van der Waals surface area contributed by atoms with Crippen LogP contribution in [0.2, 0.25) is 0 Å². The molecule has 0 unspecified atom stereocenters. The van der Waals surface area contributed by atoms with Gasteiger partial charge in [-0.1, -0.05) is 6.07 Å². The Labute approximate surface area is 170 Å². The molecule has 0 bridgehead atoms. The largest absolute Gasteiger partial charge is 0.301 e. The van der Waals surface area contributed by atoms with Gasteiger partial charge in [0, 0.05) is 36.9 Å². The fraction of sp³-hybridized carbons (Fsp3) is 0.167. The third-order valence-electron chi connectivity index (χ3n) is 3.87. The molecule has 0 spiro atoms. The Morgan fingerprint density at radius 1 is 1.21 bits per heavy atom. The fourth-order valence-electron chi connectivity index (χ4n) is 2.42.